The van der Waals surface area contributed by atoms with Crippen LogP contribution in [0.5, 0.6) is 5.75 Å². The predicted molar refractivity (Wildman–Crippen MR) is 84.2 cm³/mol. The Morgan fingerprint density at radius 2 is 1.65 bits per heavy atom. The van der Waals surface area contributed by atoms with Crippen LogP contribution in [-0.2, 0) is 12.8 Å². The van der Waals surface area contributed by atoms with E-state index in [4.69, 9.17) is 0 Å². The zero-order valence-corrected chi connectivity index (χ0v) is 12.3. The molecule has 0 aliphatic heterocycles. The molecule has 2 nitrogen and oxygen atoms in total. The maximum absolute atomic E-state index is 9.56. The van der Waals surface area contributed by atoms with Crippen LogP contribution in [-0.4, -0.2) is 17.7 Å². The summed E-state index contributed by atoms with van der Waals surface area (Å²) < 4.78 is 0. The Kier molecular flexibility index (Phi) is 5.19. The molecule has 0 aliphatic carbocycles. The minimum Gasteiger partial charge on any atom is -0.508 e. The molecule has 106 valence electrons. The highest BCUT2D eigenvalue weighted by Crippen LogP contribution is 2.15. The largest absolute Gasteiger partial charge is 0.508 e. The maximum Gasteiger partial charge on any atom is 0.115 e. The van der Waals surface area contributed by atoms with Gasteiger partial charge in [0, 0.05) is 6.04 Å². The molecule has 2 rings (SSSR count). The fraction of sp³-hybridized carbons (Fsp3) is 0.333. The molecule has 0 radical (unpaired) electrons. The summed E-state index contributed by atoms with van der Waals surface area (Å²) in [6.45, 7) is 5.21. The number of aryl methyl sites for hydroxylation is 1. The lowest BCUT2D eigenvalue weighted by atomic mass is 9.98. The zero-order chi connectivity index (χ0) is 14.4. The van der Waals surface area contributed by atoms with E-state index in [2.05, 4.69) is 49.5 Å². The van der Waals surface area contributed by atoms with Crippen molar-refractivity contribution in [2.24, 2.45) is 0 Å². The van der Waals surface area contributed by atoms with Crippen LogP contribution in [0.3, 0.4) is 0 Å². The van der Waals surface area contributed by atoms with E-state index in [1.54, 1.807) is 6.07 Å². The molecule has 20 heavy (non-hydrogen) atoms. The molecule has 0 aromatic heterocycles. The lowest BCUT2D eigenvalue weighted by molar-refractivity contribution is 0.472. The summed E-state index contributed by atoms with van der Waals surface area (Å²) in [4.78, 5) is 0. The predicted octanol–water partition coefficient (Wildman–Crippen LogP) is 3.46. The Labute approximate surface area is 121 Å². The van der Waals surface area contributed by atoms with Crippen molar-refractivity contribution in [3.05, 3.63) is 65.2 Å². The van der Waals surface area contributed by atoms with Crippen molar-refractivity contribution in [1.82, 2.24) is 5.32 Å². The summed E-state index contributed by atoms with van der Waals surface area (Å²) >= 11 is 0. The SMILES string of the molecule is CCNC(Cc1cccc(C)c1)Cc1cccc(O)c1. The molecule has 0 heterocycles. The van der Waals surface area contributed by atoms with Crippen LogP contribution in [0.2, 0.25) is 0 Å². The minimum atomic E-state index is 0.341. The van der Waals surface area contributed by atoms with Gasteiger partial charge < -0.3 is 10.4 Å². The van der Waals surface area contributed by atoms with Gasteiger partial charge in [0.05, 0.1) is 0 Å². The van der Waals surface area contributed by atoms with Gasteiger partial charge in [0.25, 0.3) is 0 Å². The Bertz CT molecular complexity index is 503. The number of likely N-dealkylation sites (N-methyl/N-ethyl adjacent to an activating group) is 1. The van der Waals surface area contributed by atoms with Gasteiger partial charge in [0.2, 0.25) is 0 Å². The number of hydrogen-bond donors (Lipinski definition) is 2. The van der Waals surface area contributed by atoms with Crippen molar-refractivity contribution in [2.45, 2.75) is 32.7 Å². The van der Waals surface area contributed by atoms with Gasteiger partial charge in [0.15, 0.2) is 0 Å². The number of rotatable bonds is 6. The van der Waals surface area contributed by atoms with Crippen molar-refractivity contribution in [3.8, 4) is 5.75 Å². The van der Waals surface area contributed by atoms with Crippen LogP contribution in [0, 0.1) is 6.92 Å². The summed E-state index contributed by atoms with van der Waals surface area (Å²) in [7, 11) is 0. The zero-order valence-electron chi connectivity index (χ0n) is 12.3. The lowest BCUT2D eigenvalue weighted by Crippen LogP contribution is -2.33. The molecule has 0 saturated carbocycles. The van der Waals surface area contributed by atoms with E-state index < -0.39 is 0 Å². The quantitative estimate of drug-likeness (QED) is 0.841. The van der Waals surface area contributed by atoms with Gasteiger partial charge in [-0.2, -0.15) is 0 Å². The number of hydrogen-bond acceptors (Lipinski definition) is 2. The van der Waals surface area contributed by atoms with E-state index >= 15 is 0 Å². The summed E-state index contributed by atoms with van der Waals surface area (Å²) in [5.41, 5.74) is 3.83. The standard InChI is InChI=1S/C18H23NO/c1-3-19-17(11-15-7-4-6-14(2)10-15)12-16-8-5-9-18(20)13-16/h4-10,13,17,19-20H,3,11-12H2,1-2H3. The highest BCUT2D eigenvalue weighted by Gasteiger charge is 2.10. The summed E-state index contributed by atoms with van der Waals surface area (Å²) in [5.74, 6) is 0.341. The molecule has 2 aromatic carbocycles. The van der Waals surface area contributed by atoms with Crippen molar-refractivity contribution in [3.63, 3.8) is 0 Å². The Morgan fingerprint density at radius 1 is 1.00 bits per heavy atom. The van der Waals surface area contributed by atoms with E-state index in [0.717, 1.165) is 19.4 Å². The van der Waals surface area contributed by atoms with Gasteiger partial charge in [0.1, 0.15) is 5.75 Å². The molecule has 0 amide bonds. The number of phenols is 1. The maximum atomic E-state index is 9.56. The topological polar surface area (TPSA) is 32.3 Å². The molecule has 1 unspecified atom stereocenters. The van der Waals surface area contributed by atoms with Crippen molar-refractivity contribution >= 4 is 0 Å². The van der Waals surface area contributed by atoms with Gasteiger partial charge in [-0.05, 0) is 49.6 Å². The van der Waals surface area contributed by atoms with Crippen LogP contribution in [0.15, 0.2) is 48.5 Å². The second kappa shape index (κ2) is 7.11. The van der Waals surface area contributed by atoms with E-state index in [0.29, 0.717) is 11.8 Å². The molecule has 0 bridgehead atoms. The van der Waals surface area contributed by atoms with Crippen molar-refractivity contribution in [1.29, 1.82) is 0 Å². The average Bonchev–Trinajstić information content (AvgIpc) is 2.39. The van der Waals surface area contributed by atoms with Gasteiger partial charge in [-0.3, -0.25) is 0 Å². The molecular formula is C18H23NO. The summed E-state index contributed by atoms with van der Waals surface area (Å²) in [6.07, 6.45) is 1.93. The Hall–Kier alpha value is -1.80. The van der Waals surface area contributed by atoms with Crippen LogP contribution in [0.4, 0.5) is 0 Å². The van der Waals surface area contributed by atoms with Gasteiger partial charge >= 0.3 is 0 Å². The van der Waals surface area contributed by atoms with E-state index in [-0.39, 0.29) is 0 Å². The van der Waals surface area contributed by atoms with Crippen LogP contribution in [0.25, 0.3) is 0 Å². The molecule has 2 heteroatoms. The monoisotopic (exact) mass is 269 g/mol. The molecule has 0 saturated heterocycles. The fourth-order valence-corrected chi connectivity index (χ4v) is 2.60. The molecule has 2 N–H and O–H groups in total. The number of benzene rings is 2. The van der Waals surface area contributed by atoms with Crippen LogP contribution >= 0.6 is 0 Å². The highest BCUT2D eigenvalue weighted by molar-refractivity contribution is 5.28. The fourth-order valence-electron chi connectivity index (χ4n) is 2.60. The molecule has 0 spiro atoms. The molecule has 1 atom stereocenters. The Morgan fingerprint density at radius 3 is 2.25 bits per heavy atom. The van der Waals surface area contributed by atoms with Gasteiger partial charge in [-0.25, -0.2) is 0 Å². The first kappa shape index (κ1) is 14.6. The van der Waals surface area contributed by atoms with Crippen molar-refractivity contribution < 1.29 is 5.11 Å². The average molecular weight is 269 g/mol. The molecular weight excluding hydrogens is 246 g/mol. The second-order valence-electron chi connectivity index (χ2n) is 5.32. The van der Waals surface area contributed by atoms with Gasteiger partial charge in [-0.1, -0.05) is 48.9 Å². The summed E-state index contributed by atoms with van der Waals surface area (Å²) in [6, 6.07) is 16.6. The first-order valence-corrected chi connectivity index (χ1v) is 7.24. The van der Waals surface area contributed by atoms with E-state index in [1.807, 2.05) is 12.1 Å². The Balaban J connectivity index is 2.07. The van der Waals surface area contributed by atoms with Crippen LogP contribution < -0.4 is 5.32 Å². The normalized spacial score (nSPS) is 12.3. The third kappa shape index (κ3) is 4.39. The number of aromatic hydroxyl groups is 1. The van der Waals surface area contributed by atoms with Crippen molar-refractivity contribution in [2.75, 3.05) is 6.54 Å². The number of phenolic OH excluding ortho intramolecular Hbond substituents is 1. The first-order chi connectivity index (χ1) is 9.67. The molecule has 0 fully saturated rings. The van der Waals surface area contributed by atoms with E-state index in [1.165, 1.54) is 16.7 Å². The molecule has 2 aromatic rings. The lowest BCUT2D eigenvalue weighted by Gasteiger charge is -2.18. The third-order valence-electron chi connectivity index (χ3n) is 3.45. The minimum absolute atomic E-state index is 0.341. The van der Waals surface area contributed by atoms with E-state index in [9.17, 15) is 5.11 Å². The van der Waals surface area contributed by atoms with Crippen LogP contribution in [0.1, 0.15) is 23.6 Å². The third-order valence-corrected chi connectivity index (χ3v) is 3.45. The second-order valence-corrected chi connectivity index (χ2v) is 5.32. The smallest absolute Gasteiger partial charge is 0.115 e. The number of nitrogens with one attached hydrogen (secondary N) is 1. The van der Waals surface area contributed by atoms with Gasteiger partial charge in [-0.15, -0.1) is 0 Å². The highest BCUT2D eigenvalue weighted by atomic mass is 16.3. The first-order valence-electron chi connectivity index (χ1n) is 7.24. The summed E-state index contributed by atoms with van der Waals surface area (Å²) in [5, 5.41) is 13.1. The molecule has 0 aliphatic rings.